The predicted octanol–water partition coefficient (Wildman–Crippen LogP) is -0.0620. The molecule has 0 rings (SSSR count). The Morgan fingerprint density at radius 2 is 2.43 bits per heavy atom. The van der Waals surface area contributed by atoms with Crippen molar-refractivity contribution >= 4 is 6.03 Å². The van der Waals surface area contributed by atoms with E-state index in [2.05, 4.69) is 5.73 Å². The van der Waals surface area contributed by atoms with Crippen LogP contribution in [0.5, 0.6) is 0 Å². The number of hydrogen-bond donors (Lipinski definition) is 2. The molecule has 0 aromatic rings. The Kier molecular flexibility index (Phi) is 2.15. The van der Waals surface area contributed by atoms with Crippen molar-refractivity contribution in [1.29, 1.82) is 0 Å². The summed E-state index contributed by atoms with van der Waals surface area (Å²) >= 11 is 0. The van der Waals surface area contributed by atoms with Crippen LogP contribution in [0.4, 0.5) is 4.79 Å². The Morgan fingerprint density at radius 3 is 2.43 bits per heavy atom. The molecule has 0 aromatic heterocycles. The number of amides is 2. The quantitative estimate of drug-likeness (QED) is 0.360. The van der Waals surface area contributed by atoms with Crippen molar-refractivity contribution in [1.82, 2.24) is 5.06 Å². The normalized spacial score (nSPS) is 8.29. The molecule has 0 aliphatic rings. The average molecular weight is 103 g/mol. The Labute approximate surface area is 41.5 Å². The van der Waals surface area contributed by atoms with Gasteiger partial charge in [0.2, 0.25) is 0 Å². The zero-order valence-corrected chi connectivity index (χ0v) is 3.96. The van der Waals surface area contributed by atoms with Gasteiger partial charge in [-0.25, -0.2) is 9.86 Å². The lowest BCUT2D eigenvalue weighted by Gasteiger charge is -2.04. The molecule has 0 saturated heterocycles. The number of nitrogens with zero attached hydrogens (tertiary/aromatic N) is 1. The van der Waals surface area contributed by atoms with Gasteiger partial charge in [0.05, 0.1) is 6.54 Å². The van der Waals surface area contributed by atoms with E-state index in [0.717, 1.165) is 6.54 Å². The monoisotopic (exact) mass is 103 g/mol. The van der Waals surface area contributed by atoms with Crippen molar-refractivity contribution in [3.05, 3.63) is 6.54 Å². The first-order valence-corrected chi connectivity index (χ1v) is 1.75. The molecule has 7 heavy (non-hydrogen) atoms. The molecule has 0 atom stereocenters. The minimum Gasteiger partial charge on any atom is -0.350 e. The Morgan fingerprint density at radius 1 is 2.00 bits per heavy atom. The van der Waals surface area contributed by atoms with E-state index in [9.17, 15) is 4.79 Å². The molecule has 0 fully saturated rings. The van der Waals surface area contributed by atoms with Crippen LogP contribution in [0.25, 0.3) is 0 Å². The summed E-state index contributed by atoms with van der Waals surface area (Å²) in [6.45, 7) is 2.65. The molecule has 0 heterocycles. The highest BCUT2D eigenvalue weighted by Crippen LogP contribution is 1.80. The first-order valence-electron chi connectivity index (χ1n) is 1.75. The lowest BCUT2D eigenvalue weighted by atomic mass is 10.7. The second-order valence-electron chi connectivity index (χ2n) is 0.941. The molecular formula is C3H7N2O2. The fourth-order valence-electron chi connectivity index (χ4n) is 0.127. The smallest absolute Gasteiger partial charge is 0.338 e. The second-order valence-corrected chi connectivity index (χ2v) is 0.941. The van der Waals surface area contributed by atoms with E-state index < -0.39 is 6.03 Å². The molecule has 0 saturated carbocycles. The standard InChI is InChI=1S/C3H7N2O2/c1-2-5(7)3(4)6/h2,7H,1H3,(H2,4,6). The first kappa shape index (κ1) is 6.23. The number of nitrogens with two attached hydrogens (primary N) is 1. The third kappa shape index (κ3) is 1.99. The molecule has 0 spiro atoms. The minimum absolute atomic E-state index is 0.306. The fourth-order valence-corrected chi connectivity index (χ4v) is 0.127. The van der Waals surface area contributed by atoms with Gasteiger partial charge in [0, 0.05) is 0 Å². The molecule has 0 aliphatic carbocycles. The topological polar surface area (TPSA) is 66.6 Å². The number of rotatable bonds is 1. The van der Waals surface area contributed by atoms with Gasteiger partial charge in [-0.3, -0.25) is 5.21 Å². The van der Waals surface area contributed by atoms with Crippen LogP contribution in [0.1, 0.15) is 6.92 Å². The van der Waals surface area contributed by atoms with E-state index in [1.807, 2.05) is 0 Å². The van der Waals surface area contributed by atoms with Crippen LogP contribution in [0, 0.1) is 6.54 Å². The van der Waals surface area contributed by atoms with Crippen LogP contribution in [-0.4, -0.2) is 16.3 Å². The number of urea groups is 1. The summed E-state index contributed by atoms with van der Waals surface area (Å²) in [7, 11) is 0. The van der Waals surface area contributed by atoms with Crippen LogP contribution in [0.2, 0.25) is 0 Å². The zero-order chi connectivity index (χ0) is 5.86. The van der Waals surface area contributed by atoms with Crippen LogP contribution < -0.4 is 5.73 Å². The molecule has 4 heteroatoms. The van der Waals surface area contributed by atoms with Gasteiger partial charge in [0.1, 0.15) is 0 Å². The molecule has 2 amide bonds. The molecule has 4 nitrogen and oxygen atoms in total. The molecular weight excluding hydrogens is 96.0 g/mol. The van der Waals surface area contributed by atoms with Crippen molar-refractivity contribution < 1.29 is 10.0 Å². The maximum atomic E-state index is 9.80. The van der Waals surface area contributed by atoms with E-state index in [1.54, 1.807) is 0 Å². The highest BCUT2D eigenvalue weighted by molar-refractivity contribution is 5.71. The van der Waals surface area contributed by atoms with Gasteiger partial charge in [0.25, 0.3) is 0 Å². The van der Waals surface area contributed by atoms with E-state index in [4.69, 9.17) is 5.21 Å². The van der Waals surface area contributed by atoms with Gasteiger partial charge in [-0.15, -0.1) is 0 Å². The van der Waals surface area contributed by atoms with Crippen LogP contribution in [0.15, 0.2) is 0 Å². The summed E-state index contributed by atoms with van der Waals surface area (Å²) in [5, 5.41) is 8.54. The molecule has 0 unspecified atom stereocenters. The number of carbonyl (C=O) groups excluding carboxylic acids is 1. The Hall–Kier alpha value is -0.770. The summed E-state index contributed by atoms with van der Waals surface area (Å²) in [5.41, 5.74) is 4.55. The van der Waals surface area contributed by atoms with Gasteiger partial charge >= 0.3 is 6.03 Å². The second kappa shape index (κ2) is 2.41. The van der Waals surface area contributed by atoms with Crippen molar-refractivity contribution in [2.45, 2.75) is 6.92 Å². The number of hydroxylamine groups is 2. The first-order chi connectivity index (χ1) is 3.18. The SMILES string of the molecule is C[CH]N(O)C(N)=O. The minimum atomic E-state index is -0.873. The van der Waals surface area contributed by atoms with Crippen LogP contribution in [-0.2, 0) is 0 Å². The number of hydrogen-bond acceptors (Lipinski definition) is 2. The van der Waals surface area contributed by atoms with Crippen LogP contribution >= 0.6 is 0 Å². The van der Waals surface area contributed by atoms with Crippen molar-refractivity contribution in [2.24, 2.45) is 5.73 Å². The van der Waals surface area contributed by atoms with E-state index >= 15 is 0 Å². The summed E-state index contributed by atoms with van der Waals surface area (Å²) in [4.78, 5) is 9.80. The highest BCUT2D eigenvalue weighted by Gasteiger charge is 1.98. The molecule has 41 valence electrons. The summed E-state index contributed by atoms with van der Waals surface area (Å²) < 4.78 is 0. The summed E-state index contributed by atoms with van der Waals surface area (Å²) in [6, 6.07) is -0.873. The average Bonchev–Trinajstić information content (AvgIpc) is 1.65. The highest BCUT2D eigenvalue weighted by atomic mass is 16.5. The van der Waals surface area contributed by atoms with Crippen molar-refractivity contribution in [3.8, 4) is 0 Å². The van der Waals surface area contributed by atoms with Crippen LogP contribution in [0.3, 0.4) is 0 Å². The predicted molar refractivity (Wildman–Crippen MR) is 23.2 cm³/mol. The molecule has 0 aliphatic heterocycles. The van der Waals surface area contributed by atoms with Gasteiger partial charge in [-0.1, -0.05) is 0 Å². The maximum Gasteiger partial charge on any atom is 0.338 e. The fraction of sp³-hybridized carbons (Fsp3) is 0.333. The zero-order valence-electron chi connectivity index (χ0n) is 3.96. The summed E-state index contributed by atoms with van der Waals surface area (Å²) in [6.07, 6.45) is 0. The van der Waals surface area contributed by atoms with Gasteiger partial charge < -0.3 is 5.73 Å². The van der Waals surface area contributed by atoms with Crippen molar-refractivity contribution in [3.63, 3.8) is 0 Å². The summed E-state index contributed by atoms with van der Waals surface area (Å²) in [5.74, 6) is 0. The van der Waals surface area contributed by atoms with Gasteiger partial charge in [-0.05, 0) is 6.92 Å². The number of carbonyl (C=O) groups is 1. The third-order valence-corrected chi connectivity index (χ3v) is 0.470. The number of primary amides is 1. The molecule has 0 bridgehead atoms. The molecule has 0 aromatic carbocycles. The maximum absolute atomic E-state index is 9.80. The third-order valence-electron chi connectivity index (χ3n) is 0.470. The molecule has 3 N–H and O–H groups in total. The van der Waals surface area contributed by atoms with Gasteiger partial charge in [-0.2, -0.15) is 0 Å². The van der Waals surface area contributed by atoms with Crippen molar-refractivity contribution in [2.75, 3.05) is 0 Å². The van der Waals surface area contributed by atoms with E-state index in [-0.39, 0.29) is 0 Å². The van der Waals surface area contributed by atoms with E-state index in [0.29, 0.717) is 5.06 Å². The lowest BCUT2D eigenvalue weighted by molar-refractivity contribution is -0.0101. The van der Waals surface area contributed by atoms with E-state index in [1.165, 1.54) is 6.92 Å². The lowest BCUT2D eigenvalue weighted by Crippen LogP contribution is -2.29. The van der Waals surface area contributed by atoms with Gasteiger partial charge in [0.15, 0.2) is 0 Å². The largest absolute Gasteiger partial charge is 0.350 e. The Bertz CT molecular complexity index is 73.3. The Balaban J connectivity index is 3.34. The molecule has 1 radical (unpaired) electrons.